The Balaban J connectivity index is 3.31. The largest absolute Gasteiger partial charge is 0.502 e. The molecule has 9 nitrogen and oxygen atoms in total. The van der Waals surface area contributed by atoms with Crippen LogP contribution in [-0.2, 0) is 14.3 Å². The Morgan fingerprint density at radius 1 is 1.55 bits per heavy atom. The molecule has 0 aliphatic carbocycles. The number of rotatable bonds is 6. The molecule has 120 valence electrons. The highest BCUT2D eigenvalue weighted by Crippen LogP contribution is 2.37. The number of nitro groups is 1. The molecule has 1 aromatic rings. The van der Waals surface area contributed by atoms with Gasteiger partial charge in [-0.2, -0.15) is 0 Å². The molecule has 0 saturated heterocycles. The van der Waals surface area contributed by atoms with Gasteiger partial charge >= 0.3 is 11.7 Å². The van der Waals surface area contributed by atoms with Gasteiger partial charge in [0.1, 0.15) is 0 Å². The van der Waals surface area contributed by atoms with Crippen LogP contribution in [0, 0.1) is 10.1 Å². The van der Waals surface area contributed by atoms with E-state index in [0.717, 1.165) is 13.2 Å². The zero-order valence-corrected chi connectivity index (χ0v) is 13.1. The fourth-order valence-electron chi connectivity index (χ4n) is 1.75. The summed E-state index contributed by atoms with van der Waals surface area (Å²) in [4.78, 5) is 33.1. The number of hydrogen-bond donors (Lipinski definition) is 3. The maximum Gasteiger partial charge on any atom is 0.312 e. The fraction of sp³-hybridized carbons (Fsp3) is 0.333. The monoisotopic (exact) mass is 375 g/mol. The molecule has 0 bridgehead atoms. The highest BCUT2D eigenvalue weighted by atomic mass is 79.9. The first kappa shape index (κ1) is 17.9. The summed E-state index contributed by atoms with van der Waals surface area (Å²) >= 11 is 3.08. The summed E-state index contributed by atoms with van der Waals surface area (Å²) in [7, 11) is 1.16. The molecule has 1 unspecified atom stereocenters. The van der Waals surface area contributed by atoms with Crippen molar-refractivity contribution in [3.63, 3.8) is 0 Å². The van der Waals surface area contributed by atoms with Gasteiger partial charge < -0.3 is 20.9 Å². The van der Waals surface area contributed by atoms with E-state index in [0.29, 0.717) is 4.47 Å². The maximum atomic E-state index is 11.5. The number of carbonyl (C=O) groups excluding carboxylic acids is 2. The first-order valence-electron chi connectivity index (χ1n) is 6.03. The number of nitro benzene ring substituents is 1. The summed E-state index contributed by atoms with van der Waals surface area (Å²) < 4.78 is 4.83. The van der Waals surface area contributed by atoms with Crippen LogP contribution in [0.25, 0.3) is 0 Å². The van der Waals surface area contributed by atoms with E-state index >= 15 is 0 Å². The fourth-order valence-corrected chi connectivity index (χ4v) is 2.22. The number of methoxy groups -OCH3 is 1. The van der Waals surface area contributed by atoms with Crippen molar-refractivity contribution in [2.24, 2.45) is 5.73 Å². The third-order valence-electron chi connectivity index (χ3n) is 2.78. The number of esters is 1. The predicted octanol–water partition coefficient (Wildman–Crippen LogP) is 0.742. The molecule has 1 atom stereocenters. The molecule has 10 heteroatoms. The van der Waals surface area contributed by atoms with Crippen LogP contribution in [-0.4, -0.2) is 35.6 Å². The molecule has 0 saturated carbocycles. The minimum Gasteiger partial charge on any atom is -0.502 e. The van der Waals surface area contributed by atoms with Crippen LogP contribution >= 0.6 is 15.9 Å². The first-order chi connectivity index (χ1) is 10.3. The summed E-state index contributed by atoms with van der Waals surface area (Å²) in [6.45, 7) is -0.339. The van der Waals surface area contributed by atoms with Gasteiger partial charge in [0.05, 0.1) is 31.0 Å². The van der Waals surface area contributed by atoms with E-state index in [-0.39, 0.29) is 18.5 Å². The molecular weight excluding hydrogens is 362 g/mol. The van der Waals surface area contributed by atoms with E-state index in [1.165, 1.54) is 6.07 Å². The molecule has 0 aliphatic heterocycles. The van der Waals surface area contributed by atoms with Crippen LogP contribution in [0.15, 0.2) is 16.6 Å². The third-order valence-corrected chi connectivity index (χ3v) is 3.23. The molecule has 0 spiro atoms. The second kappa shape index (κ2) is 7.71. The number of phenolic OH excluding ortho intramolecular Hbond substituents is 1. The average Bonchev–Trinajstić information content (AvgIpc) is 2.47. The lowest BCUT2D eigenvalue weighted by Gasteiger charge is -2.19. The highest BCUT2D eigenvalue weighted by Gasteiger charge is 2.27. The number of hydrogen-bond acceptors (Lipinski definition) is 7. The van der Waals surface area contributed by atoms with E-state index in [2.05, 4.69) is 26.0 Å². The quantitative estimate of drug-likeness (QED) is 0.377. The summed E-state index contributed by atoms with van der Waals surface area (Å²) in [5.41, 5.74) is 4.65. The van der Waals surface area contributed by atoms with Gasteiger partial charge in [-0.05, 0) is 6.07 Å². The number of halogens is 1. The summed E-state index contributed by atoms with van der Waals surface area (Å²) in [6.07, 6.45) is -0.316. The molecule has 0 fully saturated rings. The minimum absolute atomic E-state index is 0.00766. The molecular formula is C12H14BrN3O6. The molecule has 0 radical (unpaired) electrons. The normalized spacial score (nSPS) is 11.6. The minimum atomic E-state index is -1.01. The SMILES string of the molecule is COC(=O)CC(NC(=O)CN)c1cc(Br)cc([N+](=O)[O-])c1O. The Labute approximate surface area is 133 Å². The highest BCUT2D eigenvalue weighted by molar-refractivity contribution is 9.10. The van der Waals surface area contributed by atoms with Crippen LogP contribution < -0.4 is 11.1 Å². The molecule has 0 aromatic heterocycles. The van der Waals surface area contributed by atoms with Crippen molar-refractivity contribution in [3.8, 4) is 5.75 Å². The smallest absolute Gasteiger partial charge is 0.312 e. The Morgan fingerprint density at radius 3 is 2.68 bits per heavy atom. The zero-order chi connectivity index (χ0) is 16.9. The Kier molecular flexibility index (Phi) is 6.25. The molecule has 22 heavy (non-hydrogen) atoms. The van der Waals surface area contributed by atoms with Gasteiger partial charge in [-0.3, -0.25) is 19.7 Å². The van der Waals surface area contributed by atoms with Crippen LogP contribution in [0.2, 0.25) is 0 Å². The standard InChI is InChI=1S/C12H14BrN3O6/c1-22-11(18)4-8(15-10(17)5-14)7-2-6(13)3-9(12(7)19)16(20)21/h2-3,8,19H,4-5,14H2,1H3,(H,15,17). The summed E-state index contributed by atoms with van der Waals surface area (Å²) in [5, 5.41) is 23.4. The lowest BCUT2D eigenvalue weighted by Crippen LogP contribution is -2.35. The lowest BCUT2D eigenvalue weighted by molar-refractivity contribution is -0.386. The Bertz CT molecular complexity index is 589. The zero-order valence-electron chi connectivity index (χ0n) is 11.5. The van der Waals surface area contributed by atoms with Crippen LogP contribution in [0.3, 0.4) is 0 Å². The predicted molar refractivity (Wildman–Crippen MR) is 79.0 cm³/mol. The van der Waals surface area contributed by atoms with Gasteiger partial charge in [-0.15, -0.1) is 0 Å². The summed E-state index contributed by atoms with van der Waals surface area (Å²) in [5.74, 6) is -1.89. The number of nitrogens with zero attached hydrogens (tertiary/aromatic N) is 1. The molecule has 0 heterocycles. The summed E-state index contributed by atoms with van der Waals surface area (Å²) in [6, 6.07) is 1.46. The Morgan fingerprint density at radius 2 is 2.18 bits per heavy atom. The van der Waals surface area contributed by atoms with Gasteiger partial charge in [-0.1, -0.05) is 15.9 Å². The number of nitrogens with two attached hydrogens (primary N) is 1. The van der Waals surface area contributed by atoms with Crippen LogP contribution in [0.4, 0.5) is 5.69 Å². The van der Waals surface area contributed by atoms with Crippen molar-refractivity contribution in [2.75, 3.05) is 13.7 Å². The molecule has 4 N–H and O–H groups in total. The van der Waals surface area contributed by atoms with Gasteiger partial charge in [0.15, 0.2) is 5.75 Å². The average molecular weight is 376 g/mol. The third kappa shape index (κ3) is 4.40. The van der Waals surface area contributed by atoms with Gasteiger partial charge in [0.25, 0.3) is 0 Å². The number of phenols is 1. The molecule has 1 amide bonds. The number of amides is 1. The van der Waals surface area contributed by atoms with E-state index in [1.54, 1.807) is 0 Å². The van der Waals surface area contributed by atoms with Gasteiger partial charge in [0.2, 0.25) is 5.91 Å². The van der Waals surface area contributed by atoms with Gasteiger partial charge in [-0.25, -0.2) is 0 Å². The number of aromatic hydroxyl groups is 1. The van der Waals surface area contributed by atoms with Crippen molar-refractivity contribution >= 4 is 33.5 Å². The van der Waals surface area contributed by atoms with Crippen molar-refractivity contribution < 1.29 is 24.4 Å². The van der Waals surface area contributed by atoms with Crippen LogP contribution in [0.5, 0.6) is 5.75 Å². The van der Waals surface area contributed by atoms with E-state index in [9.17, 15) is 24.8 Å². The van der Waals surface area contributed by atoms with Crippen molar-refractivity contribution in [1.29, 1.82) is 0 Å². The lowest BCUT2D eigenvalue weighted by atomic mass is 10.0. The number of carbonyl (C=O) groups is 2. The van der Waals surface area contributed by atoms with Crippen LogP contribution in [0.1, 0.15) is 18.0 Å². The van der Waals surface area contributed by atoms with Gasteiger partial charge in [0, 0.05) is 16.1 Å². The number of nitrogens with one attached hydrogen (secondary N) is 1. The number of benzene rings is 1. The van der Waals surface area contributed by atoms with Crippen molar-refractivity contribution in [2.45, 2.75) is 12.5 Å². The van der Waals surface area contributed by atoms with E-state index in [1.807, 2.05) is 0 Å². The second-order valence-electron chi connectivity index (χ2n) is 4.22. The van der Waals surface area contributed by atoms with Crippen molar-refractivity contribution in [1.82, 2.24) is 5.32 Å². The number of ether oxygens (including phenoxy) is 1. The van der Waals surface area contributed by atoms with E-state index < -0.39 is 34.3 Å². The molecule has 1 rings (SSSR count). The van der Waals surface area contributed by atoms with Crippen molar-refractivity contribution in [3.05, 3.63) is 32.3 Å². The maximum absolute atomic E-state index is 11.5. The molecule has 1 aromatic carbocycles. The topological polar surface area (TPSA) is 145 Å². The second-order valence-corrected chi connectivity index (χ2v) is 5.14. The first-order valence-corrected chi connectivity index (χ1v) is 6.82. The molecule has 0 aliphatic rings. The van der Waals surface area contributed by atoms with E-state index in [4.69, 9.17) is 5.73 Å². The Hall–Kier alpha value is -2.20.